The fraction of sp³-hybridized carbons (Fsp3) is 0.267. The minimum atomic E-state index is -0.470. The minimum Gasteiger partial charge on any atom is -0.505 e. The van der Waals surface area contributed by atoms with Crippen molar-refractivity contribution in [3.05, 3.63) is 65.8 Å². The number of carbonyl (C=O) groups is 2. The van der Waals surface area contributed by atoms with E-state index in [1.54, 1.807) is 41.5 Å². The van der Waals surface area contributed by atoms with Gasteiger partial charge in [0, 0.05) is 30.7 Å². The first-order valence-electron chi connectivity index (χ1n) is 14.2. The summed E-state index contributed by atoms with van der Waals surface area (Å²) in [5.74, 6) is -0.997. The lowest BCUT2D eigenvalue weighted by atomic mass is 10.1. The number of carbonyl (C=O) groups excluding carboxylic acids is 2. The highest BCUT2D eigenvalue weighted by Gasteiger charge is 2.25. The summed E-state index contributed by atoms with van der Waals surface area (Å²) in [4.78, 5) is 77.4. The Bertz CT molecular complexity index is 2300. The second-order valence-corrected chi connectivity index (χ2v) is 14.2. The number of fused-ring (bicyclic) bond motifs is 2. The van der Waals surface area contributed by atoms with Gasteiger partial charge in [0.15, 0.2) is 31.7 Å². The first kappa shape index (κ1) is 37.5. The fourth-order valence-corrected chi connectivity index (χ4v) is 6.30. The van der Waals surface area contributed by atoms with Crippen molar-refractivity contribution in [2.45, 2.75) is 41.5 Å². The molecule has 0 aromatic carbocycles. The molecule has 0 atom stereocenters. The highest BCUT2D eigenvalue weighted by Crippen LogP contribution is 2.39. The van der Waals surface area contributed by atoms with E-state index in [9.17, 15) is 24.3 Å². The van der Waals surface area contributed by atoms with Crippen molar-refractivity contribution in [1.29, 1.82) is 0 Å². The van der Waals surface area contributed by atoms with E-state index in [0.29, 0.717) is 35.6 Å². The van der Waals surface area contributed by atoms with E-state index in [1.807, 2.05) is 0 Å². The third kappa shape index (κ3) is 8.63. The molecule has 6 heterocycles. The summed E-state index contributed by atoms with van der Waals surface area (Å²) in [5, 5.41) is 9.96. The summed E-state index contributed by atoms with van der Waals surface area (Å²) >= 11 is 19.0. The number of aromatic amines is 2. The number of thiazole rings is 2. The van der Waals surface area contributed by atoms with Crippen LogP contribution < -0.4 is 15.9 Å². The summed E-state index contributed by atoms with van der Waals surface area (Å²) in [5.41, 5.74) is 1.57. The van der Waals surface area contributed by atoms with Crippen LogP contribution >= 0.6 is 57.5 Å². The number of nitrogens with zero attached hydrogens (tertiary/aromatic N) is 6. The average molecular weight is 766 g/mol. The quantitative estimate of drug-likeness (QED) is 0.127. The average Bonchev–Trinajstić information content (AvgIpc) is 3.55. The number of aromatic hydroxyl groups is 1. The van der Waals surface area contributed by atoms with Gasteiger partial charge >= 0.3 is 5.97 Å². The van der Waals surface area contributed by atoms with E-state index in [1.165, 1.54) is 24.8 Å². The van der Waals surface area contributed by atoms with Crippen molar-refractivity contribution in [1.82, 2.24) is 39.9 Å². The zero-order valence-corrected chi connectivity index (χ0v) is 30.5. The predicted molar refractivity (Wildman–Crippen MR) is 190 cm³/mol. The van der Waals surface area contributed by atoms with E-state index < -0.39 is 17.1 Å². The van der Waals surface area contributed by atoms with E-state index in [2.05, 4.69) is 39.9 Å². The van der Waals surface area contributed by atoms with Crippen molar-refractivity contribution in [2.75, 3.05) is 0 Å². The van der Waals surface area contributed by atoms with Crippen LogP contribution in [0.3, 0.4) is 0 Å². The molecule has 0 bridgehead atoms. The summed E-state index contributed by atoms with van der Waals surface area (Å²) in [6.07, 6.45) is 5.79. The number of nitrogens with one attached hydrogen (secondary N) is 2. The Morgan fingerprint density at radius 3 is 1.63 bits per heavy atom. The van der Waals surface area contributed by atoms with Crippen LogP contribution in [-0.2, 0) is 9.59 Å². The Balaban J connectivity index is 0.000000193. The Morgan fingerprint density at radius 2 is 1.18 bits per heavy atom. The molecule has 6 rings (SSSR count). The van der Waals surface area contributed by atoms with Gasteiger partial charge in [-0.2, -0.15) is 0 Å². The number of H-pyrrole nitrogens is 2. The molecule has 0 saturated heterocycles. The number of ether oxygens (including phenoxy) is 1. The topological polar surface area (TPSA) is 207 Å². The molecule has 0 spiro atoms. The lowest BCUT2D eigenvalue weighted by Crippen LogP contribution is -2.19. The lowest BCUT2D eigenvalue weighted by Gasteiger charge is -2.12. The molecule has 49 heavy (non-hydrogen) atoms. The second-order valence-electron chi connectivity index (χ2n) is 10.6. The number of aromatic nitrogens is 8. The highest BCUT2D eigenvalue weighted by molar-refractivity contribution is 7.19. The van der Waals surface area contributed by atoms with Crippen molar-refractivity contribution < 1.29 is 19.4 Å². The summed E-state index contributed by atoms with van der Waals surface area (Å²) in [7, 11) is 0. The van der Waals surface area contributed by atoms with Crippen LogP contribution in [-0.4, -0.2) is 56.2 Å². The molecule has 6 aromatic rings. The minimum absolute atomic E-state index is 0.0216. The molecule has 0 amide bonds. The molecule has 19 heteroatoms. The number of hydrogen-bond donors (Lipinski definition) is 3. The van der Waals surface area contributed by atoms with Crippen molar-refractivity contribution in [3.8, 4) is 32.4 Å². The molecule has 0 fully saturated rings. The largest absolute Gasteiger partial charge is 0.505 e. The monoisotopic (exact) mass is 764 g/mol. The summed E-state index contributed by atoms with van der Waals surface area (Å²) in [6, 6.07) is 0. The van der Waals surface area contributed by atoms with Gasteiger partial charge in [0.1, 0.15) is 22.2 Å². The summed E-state index contributed by atoms with van der Waals surface area (Å²) < 4.78 is 6.10. The smallest absolute Gasteiger partial charge is 0.313 e. The Kier molecular flexibility index (Phi) is 12.2. The molecule has 3 N–H and O–H groups in total. The molecule has 0 aliphatic carbocycles. The van der Waals surface area contributed by atoms with Gasteiger partial charge in [0.2, 0.25) is 5.24 Å². The number of esters is 1. The maximum atomic E-state index is 12.6. The maximum Gasteiger partial charge on any atom is 0.313 e. The molecule has 0 aliphatic heterocycles. The van der Waals surface area contributed by atoms with Crippen molar-refractivity contribution in [3.63, 3.8) is 0 Å². The van der Waals surface area contributed by atoms with Gasteiger partial charge in [-0.1, -0.05) is 50.9 Å². The zero-order chi connectivity index (χ0) is 36.2. The molecule has 0 saturated carbocycles. The van der Waals surface area contributed by atoms with Crippen LogP contribution in [0, 0.1) is 25.7 Å². The van der Waals surface area contributed by atoms with E-state index in [-0.39, 0.29) is 56.5 Å². The van der Waals surface area contributed by atoms with E-state index in [4.69, 9.17) is 39.5 Å². The van der Waals surface area contributed by atoms with Crippen molar-refractivity contribution in [2.24, 2.45) is 11.8 Å². The Morgan fingerprint density at radius 1 is 0.755 bits per heavy atom. The van der Waals surface area contributed by atoms with Crippen LogP contribution in [0.25, 0.3) is 43.2 Å². The van der Waals surface area contributed by atoms with Crippen LogP contribution in [0.4, 0.5) is 0 Å². The lowest BCUT2D eigenvalue weighted by molar-refractivity contribution is -0.137. The van der Waals surface area contributed by atoms with Crippen LogP contribution in [0.5, 0.6) is 11.5 Å². The zero-order valence-electron chi connectivity index (χ0n) is 26.6. The predicted octanol–water partition coefficient (Wildman–Crippen LogP) is 6.48. The molecule has 6 aromatic heterocycles. The van der Waals surface area contributed by atoms with Gasteiger partial charge in [-0.15, -0.1) is 22.7 Å². The molecule has 0 aliphatic rings. The van der Waals surface area contributed by atoms with E-state index >= 15 is 0 Å². The van der Waals surface area contributed by atoms with Gasteiger partial charge < -0.3 is 19.8 Å². The molecule has 14 nitrogen and oxygen atoms in total. The SMILES string of the molecule is CC(C)C(=O)Cl.Cc1nc(Cl)sc1-c1c(O)c2nccnc2[nH]c1=O.Cc1nc(Cl)sc1-c1c(OC(=O)C(C)C)c2nccnc2[nH]c1=O. The molecule has 256 valence electrons. The fourth-order valence-electron chi connectivity index (χ4n) is 3.91. The second kappa shape index (κ2) is 15.9. The van der Waals surface area contributed by atoms with Gasteiger partial charge in [-0.3, -0.25) is 19.2 Å². The molecule has 0 unspecified atom stereocenters. The van der Waals surface area contributed by atoms with Gasteiger partial charge in [-0.25, -0.2) is 29.9 Å². The molecular weight excluding hydrogens is 739 g/mol. The van der Waals surface area contributed by atoms with Crippen LogP contribution in [0.15, 0.2) is 34.4 Å². The molecular formula is C30H27Cl3N8O6S2. The van der Waals surface area contributed by atoms with Gasteiger partial charge in [0.25, 0.3) is 11.1 Å². The summed E-state index contributed by atoms with van der Waals surface area (Å²) in [6.45, 7) is 10.4. The van der Waals surface area contributed by atoms with Gasteiger partial charge in [0.05, 0.1) is 27.1 Å². The Hall–Kier alpha value is -4.35. The first-order valence-corrected chi connectivity index (χ1v) is 17.0. The third-order valence-electron chi connectivity index (χ3n) is 6.34. The standard InChI is InChI=1S/C15H13ClN4O3S.C11H7ClN4O2S.C4H7ClO/c1-6(2)14(22)23-10-8(11-7(3)19-15(16)24-11)13(21)20-12-9(10)17-4-5-18-12;1-4-8(19-11(12)15-4)5-7(17)6-9(16-10(5)18)14-3-2-13-6;1-3(2)4(5)6/h4-6H,1-3H3,(H,18,20,21);2-3H,1H3,(H2,14,16,17,18);3H,1-2H3. The maximum absolute atomic E-state index is 12.6. The Labute approximate surface area is 300 Å². The first-order chi connectivity index (χ1) is 23.1. The normalized spacial score (nSPS) is 10.9. The van der Waals surface area contributed by atoms with Crippen molar-refractivity contribution >= 4 is 91.0 Å². The number of rotatable bonds is 5. The number of aryl methyl sites for hydroxylation is 2. The van der Waals surface area contributed by atoms with E-state index in [0.717, 1.165) is 22.7 Å². The number of hydrogen-bond acceptors (Lipinski definition) is 14. The third-order valence-corrected chi connectivity index (χ3v) is 9.34. The van der Waals surface area contributed by atoms with Gasteiger partial charge in [-0.05, 0) is 25.4 Å². The van der Waals surface area contributed by atoms with Crippen LogP contribution in [0.1, 0.15) is 39.1 Å². The highest BCUT2D eigenvalue weighted by atomic mass is 35.5. The van der Waals surface area contributed by atoms with Crippen LogP contribution in [0.2, 0.25) is 8.93 Å². The number of halogens is 3. The number of pyridine rings is 2. The molecule has 0 radical (unpaired) electrons.